The second-order valence-corrected chi connectivity index (χ2v) is 16.0. The molecule has 1 aliphatic carbocycles. The van der Waals surface area contributed by atoms with Gasteiger partial charge in [-0.3, -0.25) is 9.59 Å². The van der Waals surface area contributed by atoms with Gasteiger partial charge in [0.15, 0.2) is 12.1 Å². The van der Waals surface area contributed by atoms with Crippen LogP contribution in [0.25, 0.3) is 16.5 Å². The van der Waals surface area contributed by atoms with E-state index in [2.05, 4.69) is 49.2 Å². The molecule has 3 aromatic rings. The van der Waals surface area contributed by atoms with E-state index < -0.39 is 8.07 Å². The molecule has 4 nitrogen and oxygen atoms in total. The predicted molar refractivity (Wildman–Crippen MR) is 154 cm³/mol. The van der Waals surface area contributed by atoms with Crippen molar-refractivity contribution in [3.63, 3.8) is 0 Å². The molecule has 0 radical (unpaired) electrons. The molecule has 0 bridgehead atoms. The van der Waals surface area contributed by atoms with Crippen molar-refractivity contribution in [2.75, 3.05) is 18.0 Å². The van der Waals surface area contributed by atoms with Gasteiger partial charge < -0.3 is 9.47 Å². The molecule has 0 fully saturated rings. The number of fused-ring (bicyclic) bond motifs is 4. The lowest BCUT2D eigenvalue weighted by Crippen LogP contribution is -2.53. The largest absolute Gasteiger partial charge is 0.371 e. The highest BCUT2D eigenvalue weighted by Crippen LogP contribution is 2.47. The lowest BCUT2D eigenvalue weighted by molar-refractivity contribution is -0.110. The molecule has 0 N–H and O–H groups in total. The van der Waals surface area contributed by atoms with Crippen molar-refractivity contribution in [3.8, 4) is 0 Å². The zero-order valence-electron chi connectivity index (χ0n) is 22.1. The second-order valence-electron chi connectivity index (χ2n) is 11.7. The molecule has 37 heavy (non-hydrogen) atoms. The van der Waals surface area contributed by atoms with Crippen LogP contribution in [0.1, 0.15) is 51.0 Å². The summed E-state index contributed by atoms with van der Waals surface area (Å²) >= 11 is 0. The van der Waals surface area contributed by atoms with Crippen LogP contribution >= 0.6 is 0 Å². The Balaban J connectivity index is 1.62. The van der Waals surface area contributed by atoms with E-state index in [-0.39, 0.29) is 5.78 Å². The van der Waals surface area contributed by atoms with Crippen molar-refractivity contribution in [3.05, 3.63) is 86.8 Å². The number of rotatable bonds is 2. The van der Waals surface area contributed by atoms with Gasteiger partial charge in [0.2, 0.25) is 0 Å². The van der Waals surface area contributed by atoms with Gasteiger partial charge in [0, 0.05) is 48.5 Å². The van der Waals surface area contributed by atoms with Gasteiger partial charge in [0.25, 0.3) is 0 Å². The van der Waals surface area contributed by atoms with Crippen molar-refractivity contribution in [1.82, 2.24) is 4.57 Å². The number of allylic oxidation sites excluding steroid dienone is 5. The van der Waals surface area contributed by atoms with Crippen LogP contribution in [0.3, 0.4) is 0 Å². The lowest BCUT2D eigenvalue weighted by atomic mass is 9.82. The summed E-state index contributed by atoms with van der Waals surface area (Å²) in [5, 5.41) is 3.76. The first-order valence-corrected chi connectivity index (χ1v) is 16.5. The summed E-state index contributed by atoms with van der Waals surface area (Å²) in [6.45, 7) is 9.35. The van der Waals surface area contributed by atoms with Crippen LogP contribution < -0.4 is 10.1 Å². The molecule has 0 saturated carbocycles. The first-order chi connectivity index (χ1) is 17.8. The summed E-state index contributed by atoms with van der Waals surface area (Å²) in [4.78, 5) is 27.3. The van der Waals surface area contributed by atoms with Crippen LogP contribution in [0.4, 0.5) is 5.69 Å². The Kier molecular flexibility index (Phi) is 4.78. The Labute approximate surface area is 219 Å². The van der Waals surface area contributed by atoms with Crippen LogP contribution in [0.2, 0.25) is 13.1 Å². The molecule has 3 aliphatic heterocycles. The first-order valence-electron chi connectivity index (χ1n) is 13.5. The molecule has 186 valence electrons. The molecule has 0 spiro atoms. The van der Waals surface area contributed by atoms with E-state index in [9.17, 15) is 9.59 Å². The number of benzene rings is 2. The summed E-state index contributed by atoms with van der Waals surface area (Å²) in [6, 6.07) is 6.94. The number of nitrogens with zero attached hydrogens (tertiary/aromatic N) is 2. The van der Waals surface area contributed by atoms with Crippen molar-refractivity contribution >= 4 is 47.5 Å². The monoisotopic (exact) mass is 504 g/mol. The maximum atomic E-state index is 12.7. The maximum absolute atomic E-state index is 12.7. The van der Waals surface area contributed by atoms with Crippen molar-refractivity contribution < 1.29 is 9.59 Å². The average molecular weight is 505 g/mol. The highest BCUT2D eigenvalue weighted by Gasteiger charge is 2.44. The topological polar surface area (TPSA) is 42.3 Å². The highest BCUT2D eigenvalue weighted by molar-refractivity contribution is 6.98. The molecule has 2 aromatic carbocycles. The van der Waals surface area contributed by atoms with Crippen LogP contribution in [-0.2, 0) is 24.7 Å². The molecular weight excluding hydrogens is 472 g/mol. The van der Waals surface area contributed by atoms with Crippen molar-refractivity contribution in [2.45, 2.75) is 45.7 Å². The average Bonchev–Trinajstić information content (AvgIpc) is 3.19. The Morgan fingerprint density at radius 2 is 1.78 bits per heavy atom. The normalized spacial score (nSPS) is 19.5. The minimum Gasteiger partial charge on any atom is -0.371 e. The molecule has 5 heteroatoms. The van der Waals surface area contributed by atoms with Crippen LogP contribution in [0.5, 0.6) is 0 Å². The zero-order valence-corrected chi connectivity index (χ0v) is 23.1. The highest BCUT2D eigenvalue weighted by atomic mass is 28.3. The SMILES string of the molecule is Cc1cc2c(cc1C1=C3C=CC(=O)C=C3[Si](C)(C)c3c1cc1c4c3CCCN4CCC1)c(C=O)cn2C. The number of hydrogen-bond donors (Lipinski definition) is 0. The lowest BCUT2D eigenvalue weighted by Gasteiger charge is -2.44. The Morgan fingerprint density at radius 3 is 2.57 bits per heavy atom. The molecule has 0 atom stereocenters. The van der Waals surface area contributed by atoms with E-state index in [1.54, 1.807) is 11.6 Å². The summed E-state index contributed by atoms with van der Waals surface area (Å²) in [7, 11) is -0.151. The molecule has 4 heterocycles. The molecule has 0 amide bonds. The second kappa shape index (κ2) is 7.78. The molecular formula is C32H32N2O2Si. The summed E-state index contributed by atoms with van der Waals surface area (Å²) in [5.41, 5.74) is 12.5. The summed E-state index contributed by atoms with van der Waals surface area (Å²) < 4.78 is 2.04. The number of aromatic nitrogens is 1. The fraction of sp³-hybridized carbons (Fsp3) is 0.312. The Bertz CT molecular complexity index is 1660. The molecule has 0 saturated heterocycles. The van der Waals surface area contributed by atoms with Crippen LogP contribution in [-0.4, -0.2) is 37.8 Å². The molecule has 1 aromatic heterocycles. The fourth-order valence-electron chi connectivity index (χ4n) is 7.53. The zero-order chi connectivity index (χ0) is 25.6. The number of carbonyl (C=O) groups excluding carboxylic acids is 2. The van der Waals surface area contributed by atoms with Crippen molar-refractivity contribution in [2.24, 2.45) is 7.05 Å². The minimum atomic E-state index is -2.15. The fourth-order valence-corrected chi connectivity index (χ4v) is 11.0. The van der Waals surface area contributed by atoms with Gasteiger partial charge in [-0.1, -0.05) is 19.2 Å². The van der Waals surface area contributed by atoms with E-state index in [0.29, 0.717) is 0 Å². The molecule has 0 unspecified atom stereocenters. The van der Waals surface area contributed by atoms with Crippen molar-refractivity contribution in [1.29, 1.82) is 0 Å². The minimum absolute atomic E-state index is 0.0915. The van der Waals surface area contributed by atoms with Gasteiger partial charge in [0.05, 0.1) is 0 Å². The summed E-state index contributed by atoms with van der Waals surface area (Å²) in [5.74, 6) is 0.0915. The van der Waals surface area contributed by atoms with Gasteiger partial charge in [-0.15, -0.1) is 0 Å². The standard InChI is InChI=1S/C32H32N2O2Si/c1-19-13-28-26(21(18-35)17-33(28)2)16-25(19)30-23-10-9-22(36)15-29(23)37(3,4)32-24-8-6-12-34-11-5-7-20(31(24)34)14-27(30)32/h9-10,13-18H,5-8,11-12H2,1-4H3. The number of hydrogen-bond acceptors (Lipinski definition) is 3. The quantitative estimate of drug-likeness (QED) is 0.350. The van der Waals surface area contributed by atoms with Gasteiger partial charge in [0.1, 0.15) is 8.07 Å². The van der Waals surface area contributed by atoms with E-state index in [1.165, 1.54) is 62.3 Å². The number of anilines is 1. The number of aryl methyl sites for hydroxylation is 3. The van der Waals surface area contributed by atoms with Gasteiger partial charge in [-0.25, -0.2) is 0 Å². The molecule has 7 rings (SSSR count). The van der Waals surface area contributed by atoms with E-state index in [0.717, 1.165) is 48.7 Å². The van der Waals surface area contributed by atoms with Gasteiger partial charge >= 0.3 is 0 Å². The number of ketones is 1. The third kappa shape index (κ3) is 3.07. The Morgan fingerprint density at radius 1 is 1.00 bits per heavy atom. The third-order valence-electron chi connectivity index (χ3n) is 9.12. The van der Waals surface area contributed by atoms with E-state index in [1.807, 2.05) is 23.9 Å². The maximum Gasteiger partial charge on any atom is 0.178 e. The van der Waals surface area contributed by atoms with E-state index in [4.69, 9.17) is 0 Å². The summed E-state index contributed by atoms with van der Waals surface area (Å²) in [6.07, 6.45) is 13.2. The van der Waals surface area contributed by atoms with Gasteiger partial charge in [-0.2, -0.15) is 0 Å². The van der Waals surface area contributed by atoms with Crippen LogP contribution in [0.15, 0.2) is 53.4 Å². The number of aldehydes is 1. The third-order valence-corrected chi connectivity index (χ3v) is 12.7. The van der Waals surface area contributed by atoms with Crippen LogP contribution in [0, 0.1) is 6.92 Å². The van der Waals surface area contributed by atoms with E-state index >= 15 is 0 Å². The predicted octanol–water partition coefficient (Wildman–Crippen LogP) is 5.33. The smallest absolute Gasteiger partial charge is 0.178 e. The molecule has 4 aliphatic rings. The van der Waals surface area contributed by atoms with Gasteiger partial charge in [-0.05, 0) is 112 Å². The first kappa shape index (κ1) is 22.7. The Hall–Kier alpha value is -3.44. The number of carbonyl (C=O) groups is 2.